The molecule has 0 aliphatic heterocycles. The normalized spacial score (nSPS) is 16.0. The lowest BCUT2D eigenvalue weighted by atomic mass is 9.71. The van der Waals surface area contributed by atoms with Crippen molar-refractivity contribution in [3.63, 3.8) is 0 Å². The predicted octanol–water partition coefficient (Wildman–Crippen LogP) is 3.95. The number of nitrogens with one attached hydrogen (secondary N) is 1. The molecule has 1 fully saturated rings. The van der Waals surface area contributed by atoms with Gasteiger partial charge in [0.15, 0.2) is 11.5 Å². The van der Waals surface area contributed by atoms with E-state index in [-0.39, 0.29) is 11.4 Å². The quantitative estimate of drug-likeness (QED) is 0.797. The number of aromatic nitrogens is 1. The van der Waals surface area contributed by atoms with Gasteiger partial charge in [0.2, 0.25) is 0 Å². The first-order valence-corrected chi connectivity index (χ1v) is 7.92. The number of nitrogens with zero attached hydrogens (tertiary/aromatic N) is 1. The second kappa shape index (κ2) is 5.23. The van der Waals surface area contributed by atoms with Crippen LogP contribution in [0.4, 0.5) is 0 Å². The Morgan fingerprint density at radius 3 is 2.61 bits per heavy atom. The molecule has 2 aromatic carbocycles. The number of carbonyl (C=O) groups excluding carboxylic acids is 1. The fourth-order valence-corrected chi connectivity index (χ4v) is 3.30. The highest BCUT2D eigenvalue weighted by atomic mass is 16.3. The molecule has 23 heavy (non-hydrogen) atoms. The maximum absolute atomic E-state index is 12.9. The molecule has 1 N–H and O–H groups in total. The van der Waals surface area contributed by atoms with Crippen LogP contribution in [0.5, 0.6) is 0 Å². The van der Waals surface area contributed by atoms with Crippen LogP contribution in [0.3, 0.4) is 0 Å². The first kappa shape index (κ1) is 14.0. The molecule has 0 atom stereocenters. The van der Waals surface area contributed by atoms with Crippen LogP contribution >= 0.6 is 0 Å². The molecule has 0 bridgehead atoms. The smallest absolute Gasteiger partial charge is 0.254 e. The number of fused-ring (bicyclic) bond motifs is 1. The van der Waals surface area contributed by atoms with Crippen molar-refractivity contribution in [3.05, 3.63) is 65.5 Å². The molecule has 1 heterocycles. The number of carbonyl (C=O) groups is 1. The van der Waals surface area contributed by atoms with E-state index in [0.717, 1.165) is 19.3 Å². The Morgan fingerprint density at radius 2 is 1.91 bits per heavy atom. The number of oxazole rings is 1. The van der Waals surface area contributed by atoms with Crippen molar-refractivity contribution >= 4 is 17.0 Å². The number of aryl methyl sites for hydroxylation is 1. The molecule has 0 unspecified atom stereocenters. The highest BCUT2D eigenvalue weighted by molar-refractivity contribution is 6.04. The van der Waals surface area contributed by atoms with Crippen LogP contribution in [0.25, 0.3) is 11.1 Å². The standard InChI is InChI=1S/C19H18N2O2/c1-13-20-17-15(9-5-10-16(17)23-13)18(22)21-19(11-6-12-19)14-7-3-2-4-8-14/h2-5,7-10H,6,11-12H2,1H3,(H,21,22). The van der Waals surface area contributed by atoms with Crippen molar-refractivity contribution in [2.45, 2.75) is 31.7 Å². The molecule has 0 spiro atoms. The molecule has 4 nitrogen and oxygen atoms in total. The van der Waals surface area contributed by atoms with Gasteiger partial charge in [0, 0.05) is 6.92 Å². The Labute approximate surface area is 134 Å². The molecular weight excluding hydrogens is 288 g/mol. The van der Waals surface area contributed by atoms with Gasteiger partial charge in [-0.2, -0.15) is 0 Å². The van der Waals surface area contributed by atoms with Crippen molar-refractivity contribution in [1.29, 1.82) is 0 Å². The van der Waals surface area contributed by atoms with Crippen molar-refractivity contribution in [1.82, 2.24) is 10.3 Å². The minimum Gasteiger partial charge on any atom is -0.441 e. The second-order valence-corrected chi connectivity index (χ2v) is 6.14. The summed E-state index contributed by atoms with van der Waals surface area (Å²) in [6, 6.07) is 15.7. The van der Waals surface area contributed by atoms with Gasteiger partial charge in [-0.15, -0.1) is 0 Å². The molecule has 1 aromatic heterocycles. The molecule has 3 aromatic rings. The third-order valence-corrected chi connectivity index (χ3v) is 4.66. The number of para-hydroxylation sites is 1. The van der Waals surface area contributed by atoms with Crippen molar-refractivity contribution in [2.24, 2.45) is 0 Å². The topological polar surface area (TPSA) is 55.1 Å². The van der Waals surface area contributed by atoms with Crippen molar-refractivity contribution < 1.29 is 9.21 Å². The van der Waals surface area contributed by atoms with Crippen LogP contribution < -0.4 is 5.32 Å². The Bertz CT molecular complexity index is 863. The lowest BCUT2D eigenvalue weighted by Crippen LogP contribution is -2.50. The predicted molar refractivity (Wildman–Crippen MR) is 88.2 cm³/mol. The van der Waals surface area contributed by atoms with Gasteiger partial charge in [-0.3, -0.25) is 4.79 Å². The fourth-order valence-electron chi connectivity index (χ4n) is 3.30. The number of hydrogen-bond acceptors (Lipinski definition) is 3. The monoisotopic (exact) mass is 306 g/mol. The maximum Gasteiger partial charge on any atom is 0.254 e. The van der Waals surface area contributed by atoms with Gasteiger partial charge >= 0.3 is 0 Å². The van der Waals surface area contributed by atoms with E-state index in [1.807, 2.05) is 30.3 Å². The van der Waals surface area contributed by atoms with Gasteiger partial charge in [0.1, 0.15) is 5.52 Å². The molecule has 1 amide bonds. The summed E-state index contributed by atoms with van der Waals surface area (Å²) in [6.45, 7) is 1.79. The first-order valence-electron chi connectivity index (χ1n) is 7.92. The van der Waals surface area contributed by atoms with Crippen molar-refractivity contribution in [2.75, 3.05) is 0 Å². The van der Waals surface area contributed by atoms with E-state index in [1.165, 1.54) is 5.56 Å². The fraction of sp³-hybridized carbons (Fsp3) is 0.263. The zero-order valence-electron chi connectivity index (χ0n) is 13.0. The van der Waals surface area contributed by atoms with E-state index >= 15 is 0 Å². The molecule has 0 radical (unpaired) electrons. The third kappa shape index (κ3) is 2.31. The lowest BCUT2D eigenvalue weighted by Gasteiger charge is -2.43. The Kier molecular flexibility index (Phi) is 3.18. The maximum atomic E-state index is 12.9. The average Bonchev–Trinajstić information content (AvgIpc) is 2.91. The Morgan fingerprint density at radius 1 is 1.13 bits per heavy atom. The molecular formula is C19H18N2O2. The van der Waals surface area contributed by atoms with Crippen LogP contribution in [0.1, 0.15) is 41.1 Å². The van der Waals surface area contributed by atoms with Gasteiger partial charge in [-0.25, -0.2) is 4.98 Å². The molecule has 4 heteroatoms. The summed E-state index contributed by atoms with van der Waals surface area (Å²) in [5, 5.41) is 3.24. The van der Waals surface area contributed by atoms with E-state index < -0.39 is 0 Å². The summed E-state index contributed by atoms with van der Waals surface area (Å²) in [6.07, 6.45) is 3.07. The van der Waals surface area contributed by atoms with Crippen LogP contribution in [0.15, 0.2) is 52.9 Å². The van der Waals surface area contributed by atoms with Crippen molar-refractivity contribution in [3.8, 4) is 0 Å². The van der Waals surface area contributed by atoms with E-state index in [0.29, 0.717) is 22.6 Å². The zero-order chi connectivity index (χ0) is 15.9. The molecule has 116 valence electrons. The summed E-state index contributed by atoms with van der Waals surface area (Å²) >= 11 is 0. The average molecular weight is 306 g/mol. The van der Waals surface area contributed by atoms with Gasteiger partial charge in [0.25, 0.3) is 5.91 Å². The summed E-state index contributed by atoms with van der Waals surface area (Å²) in [4.78, 5) is 17.2. The third-order valence-electron chi connectivity index (χ3n) is 4.66. The minimum absolute atomic E-state index is 0.0903. The summed E-state index contributed by atoms with van der Waals surface area (Å²) in [7, 11) is 0. The van der Waals surface area contributed by atoms with Crippen LogP contribution in [-0.4, -0.2) is 10.9 Å². The lowest BCUT2D eigenvalue weighted by molar-refractivity contribution is 0.0825. The highest BCUT2D eigenvalue weighted by Gasteiger charge is 2.40. The highest BCUT2D eigenvalue weighted by Crippen LogP contribution is 2.41. The molecule has 4 rings (SSSR count). The number of rotatable bonds is 3. The largest absolute Gasteiger partial charge is 0.441 e. The molecule has 0 saturated heterocycles. The van der Waals surface area contributed by atoms with E-state index in [1.54, 1.807) is 13.0 Å². The Balaban J connectivity index is 1.69. The van der Waals surface area contributed by atoms with Gasteiger partial charge in [0.05, 0.1) is 11.1 Å². The van der Waals surface area contributed by atoms with E-state index in [2.05, 4.69) is 22.4 Å². The summed E-state index contributed by atoms with van der Waals surface area (Å²) < 4.78 is 5.52. The number of benzene rings is 2. The second-order valence-electron chi connectivity index (χ2n) is 6.14. The van der Waals surface area contributed by atoms with Gasteiger partial charge in [-0.1, -0.05) is 36.4 Å². The minimum atomic E-state index is -0.251. The zero-order valence-corrected chi connectivity index (χ0v) is 13.0. The van der Waals surface area contributed by atoms with Gasteiger partial charge in [-0.05, 0) is 37.0 Å². The number of hydrogen-bond donors (Lipinski definition) is 1. The molecule has 1 aliphatic rings. The van der Waals surface area contributed by atoms with E-state index in [4.69, 9.17) is 4.42 Å². The van der Waals surface area contributed by atoms with Crippen LogP contribution in [-0.2, 0) is 5.54 Å². The molecule has 1 aliphatic carbocycles. The molecule has 1 saturated carbocycles. The first-order chi connectivity index (χ1) is 11.2. The number of amides is 1. The van der Waals surface area contributed by atoms with Gasteiger partial charge < -0.3 is 9.73 Å². The van der Waals surface area contributed by atoms with E-state index in [9.17, 15) is 4.79 Å². The SMILES string of the molecule is Cc1nc2c(C(=O)NC3(c4ccccc4)CCC3)cccc2o1. The Hall–Kier alpha value is -2.62. The summed E-state index contributed by atoms with van der Waals surface area (Å²) in [5.74, 6) is 0.481. The van der Waals surface area contributed by atoms with Crippen LogP contribution in [0.2, 0.25) is 0 Å². The van der Waals surface area contributed by atoms with Crippen LogP contribution in [0, 0.1) is 6.92 Å². The summed E-state index contributed by atoms with van der Waals surface area (Å²) in [5.41, 5.74) is 2.77.